The van der Waals surface area contributed by atoms with Crippen LogP contribution in [0.4, 0.5) is 0 Å². The van der Waals surface area contributed by atoms with E-state index in [1.54, 1.807) is 0 Å². The van der Waals surface area contributed by atoms with Gasteiger partial charge in [-0.05, 0) is 24.7 Å². The molecule has 1 aromatic carbocycles. The second-order valence-electron chi connectivity index (χ2n) is 4.70. The summed E-state index contributed by atoms with van der Waals surface area (Å²) in [5.74, 6) is -0.105. The third-order valence-corrected chi connectivity index (χ3v) is 5.34. The molecule has 1 amide bonds. The zero-order chi connectivity index (χ0) is 14.3. The van der Waals surface area contributed by atoms with Gasteiger partial charge in [-0.15, -0.1) is 0 Å². The minimum absolute atomic E-state index is 0.105. The predicted octanol–water partition coefficient (Wildman–Crippen LogP) is 2.72. The lowest BCUT2D eigenvalue weighted by atomic mass is 10.0. The first-order valence-electron chi connectivity index (χ1n) is 6.72. The molecule has 0 saturated carbocycles. The number of carbonyl (C=O) groups is 1. The number of rotatable bonds is 7. The quantitative estimate of drug-likeness (QED) is 0.807. The Morgan fingerprint density at radius 3 is 2.37 bits per heavy atom. The largest absolute Gasteiger partial charge is 0.353 e. The highest BCUT2D eigenvalue weighted by molar-refractivity contribution is 8.00. The molecule has 106 valence electrons. The van der Waals surface area contributed by atoms with Gasteiger partial charge in [-0.25, -0.2) is 0 Å². The van der Waals surface area contributed by atoms with Gasteiger partial charge in [-0.1, -0.05) is 44.2 Å². The van der Waals surface area contributed by atoms with Gasteiger partial charge < -0.3 is 11.1 Å². The molecule has 0 aliphatic heterocycles. The fourth-order valence-corrected chi connectivity index (χ4v) is 2.82. The van der Waals surface area contributed by atoms with Crippen LogP contribution in [0.15, 0.2) is 30.3 Å². The molecular formula is C15H24N2OS. The second kappa shape index (κ2) is 7.56. The first kappa shape index (κ1) is 16.1. The van der Waals surface area contributed by atoms with Crippen LogP contribution in [0.5, 0.6) is 0 Å². The summed E-state index contributed by atoms with van der Waals surface area (Å²) in [4.78, 5) is 12.1. The van der Waals surface area contributed by atoms with Gasteiger partial charge in [-0.3, -0.25) is 4.79 Å². The average molecular weight is 280 g/mol. The molecule has 0 heterocycles. The van der Waals surface area contributed by atoms with Crippen LogP contribution in [0, 0.1) is 0 Å². The van der Waals surface area contributed by atoms with E-state index in [9.17, 15) is 4.79 Å². The van der Waals surface area contributed by atoms with E-state index in [1.165, 1.54) is 0 Å². The third kappa shape index (κ3) is 4.25. The fraction of sp³-hybridized carbons (Fsp3) is 0.533. The van der Waals surface area contributed by atoms with E-state index in [4.69, 9.17) is 5.73 Å². The molecule has 19 heavy (non-hydrogen) atoms. The van der Waals surface area contributed by atoms with E-state index < -0.39 is 6.04 Å². The van der Waals surface area contributed by atoms with E-state index in [2.05, 4.69) is 25.4 Å². The highest BCUT2D eigenvalue weighted by Crippen LogP contribution is 2.29. The number of nitrogens with two attached hydrogens (primary N) is 1. The van der Waals surface area contributed by atoms with Crippen molar-refractivity contribution >= 4 is 17.7 Å². The van der Waals surface area contributed by atoms with Gasteiger partial charge in [-0.2, -0.15) is 11.8 Å². The number of benzene rings is 1. The number of carbonyl (C=O) groups excluding carboxylic acids is 1. The van der Waals surface area contributed by atoms with Gasteiger partial charge in [0, 0.05) is 11.3 Å². The fourth-order valence-electron chi connectivity index (χ4n) is 2.03. The molecule has 0 unspecified atom stereocenters. The second-order valence-corrected chi connectivity index (χ2v) is 5.97. The molecule has 0 saturated heterocycles. The average Bonchev–Trinajstić information content (AvgIpc) is 2.49. The maximum absolute atomic E-state index is 12.1. The van der Waals surface area contributed by atoms with Crippen LogP contribution in [0.1, 0.15) is 38.3 Å². The minimum atomic E-state index is -0.588. The summed E-state index contributed by atoms with van der Waals surface area (Å²) in [5, 5.41) is 2.99. The smallest absolute Gasteiger partial charge is 0.241 e. The molecule has 3 nitrogen and oxygen atoms in total. The van der Waals surface area contributed by atoms with E-state index in [-0.39, 0.29) is 10.7 Å². The van der Waals surface area contributed by atoms with Crippen molar-refractivity contribution in [1.82, 2.24) is 5.32 Å². The SMILES string of the molecule is CCC(CC)(CNC(=O)[C@@H](N)c1ccccc1)SC. The highest BCUT2D eigenvalue weighted by atomic mass is 32.2. The molecule has 0 spiro atoms. The van der Waals surface area contributed by atoms with E-state index in [0.29, 0.717) is 6.54 Å². The van der Waals surface area contributed by atoms with Crippen molar-refractivity contribution in [2.45, 2.75) is 37.5 Å². The van der Waals surface area contributed by atoms with Crippen LogP contribution >= 0.6 is 11.8 Å². The zero-order valence-corrected chi connectivity index (χ0v) is 12.8. The summed E-state index contributed by atoms with van der Waals surface area (Å²) in [7, 11) is 0. The number of thioether (sulfide) groups is 1. The van der Waals surface area contributed by atoms with Crippen LogP contribution < -0.4 is 11.1 Å². The summed E-state index contributed by atoms with van der Waals surface area (Å²) in [5.41, 5.74) is 6.82. The van der Waals surface area contributed by atoms with Gasteiger partial charge in [0.05, 0.1) is 0 Å². The van der Waals surface area contributed by atoms with E-state index in [1.807, 2.05) is 42.1 Å². The molecule has 1 atom stereocenters. The first-order chi connectivity index (χ1) is 9.08. The maximum atomic E-state index is 12.1. The van der Waals surface area contributed by atoms with Gasteiger partial charge in [0.2, 0.25) is 5.91 Å². The lowest BCUT2D eigenvalue weighted by molar-refractivity contribution is -0.122. The Morgan fingerprint density at radius 1 is 1.32 bits per heavy atom. The molecule has 4 heteroatoms. The van der Waals surface area contributed by atoms with Crippen LogP contribution in [0.25, 0.3) is 0 Å². The molecule has 3 N–H and O–H groups in total. The van der Waals surface area contributed by atoms with Gasteiger partial charge in [0.15, 0.2) is 0 Å². The normalized spacial score (nSPS) is 13.1. The summed E-state index contributed by atoms with van der Waals surface area (Å²) < 4.78 is 0.117. The number of hydrogen-bond acceptors (Lipinski definition) is 3. The van der Waals surface area contributed by atoms with Crippen molar-refractivity contribution in [2.24, 2.45) is 5.73 Å². The van der Waals surface area contributed by atoms with Crippen molar-refractivity contribution in [3.05, 3.63) is 35.9 Å². The standard InChI is InChI=1S/C15H24N2OS/c1-4-15(5-2,19-3)11-17-14(18)13(16)12-9-7-6-8-10-12/h6-10,13H,4-5,11,16H2,1-3H3,(H,17,18)/t13-/m0/s1. The summed E-state index contributed by atoms with van der Waals surface area (Å²) in [6, 6.07) is 8.88. The maximum Gasteiger partial charge on any atom is 0.241 e. The highest BCUT2D eigenvalue weighted by Gasteiger charge is 2.26. The Bertz CT molecular complexity index is 382. The topological polar surface area (TPSA) is 55.1 Å². The van der Waals surface area contributed by atoms with Crippen LogP contribution in [-0.4, -0.2) is 23.5 Å². The van der Waals surface area contributed by atoms with Crippen LogP contribution in [0.2, 0.25) is 0 Å². The van der Waals surface area contributed by atoms with Crippen molar-refractivity contribution in [3.63, 3.8) is 0 Å². The van der Waals surface area contributed by atoms with Crippen molar-refractivity contribution < 1.29 is 4.79 Å². The first-order valence-corrected chi connectivity index (χ1v) is 7.94. The number of nitrogens with one attached hydrogen (secondary N) is 1. The Kier molecular flexibility index (Phi) is 6.38. The summed E-state index contributed by atoms with van der Waals surface area (Å²) >= 11 is 1.81. The van der Waals surface area contributed by atoms with Crippen LogP contribution in [0.3, 0.4) is 0 Å². The molecule has 0 bridgehead atoms. The monoisotopic (exact) mass is 280 g/mol. The number of hydrogen-bond donors (Lipinski definition) is 2. The molecule has 0 radical (unpaired) electrons. The molecular weight excluding hydrogens is 256 g/mol. The summed E-state index contributed by atoms with van der Waals surface area (Å²) in [6.45, 7) is 4.98. The Hall–Kier alpha value is -1.00. The van der Waals surface area contributed by atoms with Crippen molar-refractivity contribution in [1.29, 1.82) is 0 Å². The molecule has 0 aliphatic carbocycles. The predicted molar refractivity (Wildman–Crippen MR) is 83.2 cm³/mol. The molecule has 0 fully saturated rings. The summed E-state index contributed by atoms with van der Waals surface area (Å²) in [6.07, 6.45) is 4.16. The Labute approximate surface area is 120 Å². The lowest BCUT2D eigenvalue weighted by Crippen LogP contribution is -2.43. The third-order valence-electron chi connectivity index (χ3n) is 3.75. The van der Waals surface area contributed by atoms with Gasteiger partial charge >= 0.3 is 0 Å². The molecule has 1 aromatic rings. The Balaban J connectivity index is 2.60. The zero-order valence-electron chi connectivity index (χ0n) is 12.0. The van der Waals surface area contributed by atoms with E-state index in [0.717, 1.165) is 18.4 Å². The minimum Gasteiger partial charge on any atom is -0.353 e. The van der Waals surface area contributed by atoms with Crippen LogP contribution in [-0.2, 0) is 4.79 Å². The Morgan fingerprint density at radius 2 is 1.89 bits per heavy atom. The number of amides is 1. The van der Waals surface area contributed by atoms with Gasteiger partial charge in [0.1, 0.15) is 6.04 Å². The van der Waals surface area contributed by atoms with Gasteiger partial charge in [0.25, 0.3) is 0 Å². The van der Waals surface area contributed by atoms with Crippen molar-refractivity contribution in [3.8, 4) is 0 Å². The van der Waals surface area contributed by atoms with Crippen molar-refractivity contribution in [2.75, 3.05) is 12.8 Å². The lowest BCUT2D eigenvalue weighted by Gasteiger charge is -2.30. The molecule has 1 rings (SSSR count). The molecule has 0 aliphatic rings. The molecule has 0 aromatic heterocycles. The van der Waals surface area contributed by atoms with E-state index >= 15 is 0 Å².